The van der Waals surface area contributed by atoms with Gasteiger partial charge < -0.3 is 4.90 Å². The summed E-state index contributed by atoms with van der Waals surface area (Å²) in [6, 6.07) is 9.06. The Balaban J connectivity index is 2.10. The van der Waals surface area contributed by atoms with Gasteiger partial charge >= 0.3 is 0 Å². The van der Waals surface area contributed by atoms with E-state index in [4.69, 9.17) is 5.26 Å². The van der Waals surface area contributed by atoms with E-state index in [1.807, 2.05) is 12.1 Å². The van der Waals surface area contributed by atoms with E-state index in [2.05, 4.69) is 11.0 Å². The molecule has 0 aliphatic carbocycles. The van der Waals surface area contributed by atoms with Gasteiger partial charge in [0.15, 0.2) is 0 Å². The van der Waals surface area contributed by atoms with E-state index in [9.17, 15) is 4.39 Å². The molecular formula is C13H15FN2. The van der Waals surface area contributed by atoms with Gasteiger partial charge in [0, 0.05) is 19.5 Å². The van der Waals surface area contributed by atoms with Crippen molar-refractivity contribution in [2.24, 2.45) is 5.92 Å². The monoisotopic (exact) mass is 218 g/mol. The smallest absolute Gasteiger partial charge is 0.146 e. The summed E-state index contributed by atoms with van der Waals surface area (Å²) >= 11 is 0. The first-order valence-corrected chi connectivity index (χ1v) is 5.67. The predicted molar refractivity (Wildman–Crippen MR) is 61.6 cm³/mol. The van der Waals surface area contributed by atoms with Crippen LogP contribution in [0.3, 0.4) is 0 Å². The van der Waals surface area contributed by atoms with Gasteiger partial charge in [0.2, 0.25) is 0 Å². The molecule has 1 aliphatic rings. The average Bonchev–Trinajstić information content (AvgIpc) is 2.30. The first-order chi connectivity index (χ1) is 7.81. The minimum atomic E-state index is -0.167. The summed E-state index contributed by atoms with van der Waals surface area (Å²) in [4.78, 5) is 2.06. The molecule has 0 amide bonds. The fraction of sp³-hybridized carbons (Fsp3) is 0.462. The highest BCUT2D eigenvalue weighted by Crippen LogP contribution is 2.26. The van der Waals surface area contributed by atoms with E-state index in [0.717, 1.165) is 25.9 Å². The molecule has 0 saturated carbocycles. The van der Waals surface area contributed by atoms with Crippen molar-refractivity contribution in [1.82, 2.24) is 0 Å². The maximum Gasteiger partial charge on any atom is 0.146 e. The topological polar surface area (TPSA) is 27.0 Å². The van der Waals surface area contributed by atoms with Gasteiger partial charge in [-0.15, -0.1) is 0 Å². The molecule has 1 atom stereocenters. The summed E-state index contributed by atoms with van der Waals surface area (Å²) in [6.07, 6.45) is 2.70. The van der Waals surface area contributed by atoms with Crippen LogP contribution in [-0.4, -0.2) is 13.1 Å². The molecule has 1 unspecified atom stereocenters. The number of rotatable bonds is 2. The van der Waals surface area contributed by atoms with Crippen LogP contribution in [0.4, 0.5) is 10.1 Å². The highest BCUT2D eigenvalue weighted by molar-refractivity contribution is 5.47. The molecule has 84 valence electrons. The Morgan fingerprint density at radius 3 is 3.00 bits per heavy atom. The second kappa shape index (κ2) is 4.98. The molecule has 1 aromatic rings. The third kappa shape index (κ3) is 2.33. The summed E-state index contributed by atoms with van der Waals surface area (Å²) in [7, 11) is 0. The van der Waals surface area contributed by atoms with Gasteiger partial charge in [-0.05, 0) is 30.9 Å². The number of benzene rings is 1. The largest absolute Gasteiger partial charge is 0.369 e. The summed E-state index contributed by atoms with van der Waals surface area (Å²) in [5.41, 5.74) is 0.671. The first kappa shape index (κ1) is 10.9. The van der Waals surface area contributed by atoms with Crippen molar-refractivity contribution >= 4 is 5.69 Å². The fourth-order valence-corrected chi connectivity index (χ4v) is 2.29. The van der Waals surface area contributed by atoms with Crippen molar-refractivity contribution in [3.63, 3.8) is 0 Å². The van der Waals surface area contributed by atoms with E-state index in [-0.39, 0.29) is 5.82 Å². The van der Waals surface area contributed by atoms with Gasteiger partial charge in [0.1, 0.15) is 5.82 Å². The van der Waals surface area contributed by atoms with E-state index in [0.29, 0.717) is 18.0 Å². The fourth-order valence-electron chi connectivity index (χ4n) is 2.29. The van der Waals surface area contributed by atoms with Crippen LogP contribution in [0.25, 0.3) is 0 Å². The predicted octanol–water partition coefficient (Wildman–Crippen LogP) is 2.96. The minimum absolute atomic E-state index is 0.167. The third-order valence-electron chi connectivity index (χ3n) is 3.09. The molecule has 0 bridgehead atoms. The van der Waals surface area contributed by atoms with Crippen LogP contribution >= 0.6 is 0 Å². The Kier molecular flexibility index (Phi) is 3.40. The lowest BCUT2D eigenvalue weighted by Gasteiger charge is -2.33. The molecule has 1 heterocycles. The van der Waals surface area contributed by atoms with Crippen molar-refractivity contribution < 1.29 is 4.39 Å². The first-order valence-electron chi connectivity index (χ1n) is 5.67. The van der Waals surface area contributed by atoms with Gasteiger partial charge in [-0.3, -0.25) is 0 Å². The van der Waals surface area contributed by atoms with E-state index in [1.54, 1.807) is 6.07 Å². The molecule has 16 heavy (non-hydrogen) atoms. The van der Waals surface area contributed by atoms with Crippen LogP contribution in [0.15, 0.2) is 24.3 Å². The molecule has 1 aliphatic heterocycles. The minimum Gasteiger partial charge on any atom is -0.369 e. The summed E-state index contributed by atoms with van der Waals surface area (Å²) in [5, 5.41) is 8.69. The van der Waals surface area contributed by atoms with Crippen LogP contribution in [0.2, 0.25) is 0 Å². The highest BCUT2D eigenvalue weighted by Gasteiger charge is 2.21. The maximum atomic E-state index is 13.6. The highest BCUT2D eigenvalue weighted by atomic mass is 19.1. The zero-order valence-electron chi connectivity index (χ0n) is 9.19. The Morgan fingerprint density at radius 2 is 2.25 bits per heavy atom. The molecule has 0 spiro atoms. The third-order valence-corrected chi connectivity index (χ3v) is 3.09. The van der Waals surface area contributed by atoms with Crippen LogP contribution in [-0.2, 0) is 0 Å². The van der Waals surface area contributed by atoms with Crippen molar-refractivity contribution in [3.05, 3.63) is 30.1 Å². The maximum absolute atomic E-state index is 13.6. The second-order valence-electron chi connectivity index (χ2n) is 4.27. The lowest BCUT2D eigenvalue weighted by atomic mass is 9.95. The zero-order valence-corrected chi connectivity index (χ0v) is 9.19. The van der Waals surface area contributed by atoms with Crippen molar-refractivity contribution in [1.29, 1.82) is 5.26 Å². The second-order valence-corrected chi connectivity index (χ2v) is 4.27. The molecule has 1 fully saturated rings. The molecule has 1 saturated heterocycles. The lowest BCUT2D eigenvalue weighted by Crippen LogP contribution is -2.35. The average molecular weight is 218 g/mol. The molecule has 2 nitrogen and oxygen atoms in total. The number of nitrogens with zero attached hydrogens (tertiary/aromatic N) is 2. The Hall–Kier alpha value is -1.56. The number of hydrogen-bond acceptors (Lipinski definition) is 2. The van der Waals surface area contributed by atoms with E-state index < -0.39 is 0 Å². The normalized spacial score (nSPS) is 20.5. The van der Waals surface area contributed by atoms with Gasteiger partial charge in [0.05, 0.1) is 11.8 Å². The van der Waals surface area contributed by atoms with Crippen LogP contribution < -0.4 is 4.90 Å². The SMILES string of the molecule is N#CCC1CCCN(c2ccccc2F)C1. The van der Waals surface area contributed by atoms with Gasteiger partial charge in [-0.1, -0.05) is 12.1 Å². The van der Waals surface area contributed by atoms with Crippen LogP contribution in [0.1, 0.15) is 19.3 Å². The Bertz CT molecular complexity index is 397. The number of nitriles is 1. The molecule has 0 N–H and O–H groups in total. The quantitative estimate of drug-likeness (QED) is 0.763. The molecule has 2 rings (SSSR count). The van der Waals surface area contributed by atoms with Crippen molar-refractivity contribution in [2.75, 3.05) is 18.0 Å². The number of anilines is 1. The van der Waals surface area contributed by atoms with Gasteiger partial charge in [-0.25, -0.2) is 4.39 Å². The van der Waals surface area contributed by atoms with Crippen LogP contribution in [0, 0.1) is 23.1 Å². The van der Waals surface area contributed by atoms with Crippen molar-refractivity contribution in [3.8, 4) is 6.07 Å². The molecule has 1 aromatic carbocycles. The van der Waals surface area contributed by atoms with E-state index >= 15 is 0 Å². The standard InChI is InChI=1S/C13H15FN2/c14-12-5-1-2-6-13(12)16-9-3-4-11(10-16)7-8-15/h1-2,5-6,11H,3-4,7,9-10H2. The summed E-state index contributed by atoms with van der Waals surface area (Å²) in [6.45, 7) is 1.69. The Labute approximate surface area is 95.3 Å². The molecular weight excluding hydrogens is 203 g/mol. The number of para-hydroxylation sites is 1. The molecule has 0 radical (unpaired) electrons. The number of piperidine rings is 1. The van der Waals surface area contributed by atoms with Crippen molar-refractivity contribution in [2.45, 2.75) is 19.3 Å². The summed E-state index contributed by atoms with van der Waals surface area (Å²) in [5.74, 6) is 0.221. The zero-order chi connectivity index (χ0) is 11.4. The summed E-state index contributed by atoms with van der Waals surface area (Å²) < 4.78 is 13.6. The lowest BCUT2D eigenvalue weighted by molar-refractivity contribution is 0.418. The van der Waals surface area contributed by atoms with Crippen LogP contribution in [0.5, 0.6) is 0 Å². The molecule has 3 heteroatoms. The molecule has 0 aromatic heterocycles. The van der Waals surface area contributed by atoms with E-state index in [1.165, 1.54) is 6.07 Å². The number of halogens is 1. The Morgan fingerprint density at radius 1 is 1.44 bits per heavy atom. The van der Waals surface area contributed by atoms with Gasteiger partial charge in [0.25, 0.3) is 0 Å². The van der Waals surface area contributed by atoms with Gasteiger partial charge in [-0.2, -0.15) is 5.26 Å². The number of hydrogen-bond donors (Lipinski definition) is 0.